The largest absolute Gasteiger partial charge is 0.356 e. The van der Waals surface area contributed by atoms with Gasteiger partial charge in [-0.2, -0.15) is 4.31 Å². The standard InChI is InChI=1S/C17H16F3N3O4S/c1-10(24)11-8-13(21-9-11)17(25)22-4-6-23(7-5-22)28(26,27)14-3-2-12(18)15(19)16(14)20/h2-3,8-9,21H,4-7H2,1H3. The Morgan fingerprint density at radius 1 is 1.04 bits per heavy atom. The first-order valence-corrected chi connectivity index (χ1v) is 9.69. The number of hydrogen-bond acceptors (Lipinski definition) is 4. The first-order chi connectivity index (χ1) is 13.1. The van der Waals surface area contributed by atoms with Gasteiger partial charge in [-0.25, -0.2) is 21.6 Å². The van der Waals surface area contributed by atoms with Crippen molar-refractivity contribution in [3.8, 4) is 0 Å². The van der Waals surface area contributed by atoms with Gasteiger partial charge in [-0.1, -0.05) is 0 Å². The lowest BCUT2D eigenvalue weighted by atomic mass is 10.2. The fourth-order valence-corrected chi connectivity index (χ4v) is 4.35. The fourth-order valence-electron chi connectivity index (χ4n) is 2.87. The molecule has 28 heavy (non-hydrogen) atoms. The topological polar surface area (TPSA) is 90.6 Å². The van der Waals surface area contributed by atoms with Gasteiger partial charge in [0.15, 0.2) is 23.2 Å². The van der Waals surface area contributed by atoms with Crippen LogP contribution < -0.4 is 0 Å². The molecule has 0 radical (unpaired) electrons. The minimum absolute atomic E-state index is 0.0117. The number of ketones is 1. The fraction of sp³-hybridized carbons (Fsp3) is 0.294. The van der Waals surface area contributed by atoms with Crippen LogP contribution in [-0.2, 0) is 10.0 Å². The SMILES string of the molecule is CC(=O)c1c[nH]c(C(=O)N2CCN(S(=O)(=O)c3ccc(F)c(F)c3F)CC2)c1. The van der Waals surface area contributed by atoms with Crippen LogP contribution in [0.1, 0.15) is 27.8 Å². The molecule has 1 saturated heterocycles. The number of sulfonamides is 1. The van der Waals surface area contributed by atoms with Gasteiger partial charge in [0.1, 0.15) is 10.6 Å². The molecule has 1 aromatic heterocycles. The van der Waals surface area contributed by atoms with Gasteiger partial charge < -0.3 is 9.88 Å². The Hall–Kier alpha value is -2.66. The first kappa shape index (κ1) is 20.1. The third kappa shape index (κ3) is 3.54. The summed E-state index contributed by atoms with van der Waals surface area (Å²) in [7, 11) is -4.39. The van der Waals surface area contributed by atoms with Crippen molar-refractivity contribution in [1.82, 2.24) is 14.2 Å². The highest BCUT2D eigenvalue weighted by atomic mass is 32.2. The van der Waals surface area contributed by atoms with E-state index in [2.05, 4.69) is 4.98 Å². The summed E-state index contributed by atoms with van der Waals surface area (Å²) in [5.41, 5.74) is 0.534. The van der Waals surface area contributed by atoms with E-state index < -0.39 is 38.3 Å². The van der Waals surface area contributed by atoms with E-state index in [4.69, 9.17) is 0 Å². The number of carbonyl (C=O) groups is 2. The van der Waals surface area contributed by atoms with E-state index in [0.717, 1.165) is 4.31 Å². The minimum atomic E-state index is -4.39. The van der Waals surface area contributed by atoms with Crippen LogP contribution in [0.4, 0.5) is 13.2 Å². The van der Waals surface area contributed by atoms with Crippen LogP contribution in [0, 0.1) is 17.5 Å². The molecule has 0 aliphatic carbocycles. The number of piperazine rings is 1. The van der Waals surface area contributed by atoms with Crippen molar-refractivity contribution in [3.63, 3.8) is 0 Å². The second kappa shape index (κ2) is 7.40. The zero-order valence-corrected chi connectivity index (χ0v) is 15.5. The second-order valence-electron chi connectivity index (χ2n) is 6.23. The van der Waals surface area contributed by atoms with Crippen molar-refractivity contribution in [2.75, 3.05) is 26.2 Å². The average molecular weight is 415 g/mol. The lowest BCUT2D eigenvalue weighted by Crippen LogP contribution is -2.50. The Morgan fingerprint density at radius 3 is 2.25 bits per heavy atom. The van der Waals surface area contributed by atoms with E-state index in [9.17, 15) is 31.2 Å². The normalized spacial score (nSPS) is 15.6. The van der Waals surface area contributed by atoms with E-state index in [-0.39, 0.29) is 37.7 Å². The monoisotopic (exact) mass is 415 g/mol. The van der Waals surface area contributed by atoms with Gasteiger partial charge in [0, 0.05) is 37.9 Å². The zero-order valence-electron chi connectivity index (χ0n) is 14.7. The van der Waals surface area contributed by atoms with Crippen molar-refractivity contribution in [3.05, 3.63) is 53.1 Å². The maximum absolute atomic E-state index is 13.9. The molecule has 0 spiro atoms. The average Bonchev–Trinajstić information content (AvgIpc) is 3.16. The lowest BCUT2D eigenvalue weighted by molar-refractivity contribution is 0.0692. The van der Waals surface area contributed by atoms with Crippen LogP contribution in [0.2, 0.25) is 0 Å². The Morgan fingerprint density at radius 2 is 1.68 bits per heavy atom. The number of Topliss-reactive ketones (excluding diaryl/α,β-unsaturated/α-hetero) is 1. The second-order valence-corrected chi connectivity index (χ2v) is 8.13. The number of carbonyl (C=O) groups excluding carboxylic acids is 2. The van der Waals surface area contributed by atoms with Crippen LogP contribution >= 0.6 is 0 Å². The van der Waals surface area contributed by atoms with Crippen LogP contribution in [-0.4, -0.2) is 60.5 Å². The van der Waals surface area contributed by atoms with Gasteiger partial charge in [-0.15, -0.1) is 0 Å². The van der Waals surface area contributed by atoms with E-state index in [0.29, 0.717) is 17.7 Å². The number of nitrogens with one attached hydrogen (secondary N) is 1. The highest BCUT2D eigenvalue weighted by Gasteiger charge is 2.34. The summed E-state index contributed by atoms with van der Waals surface area (Å²) in [6.07, 6.45) is 1.40. The summed E-state index contributed by atoms with van der Waals surface area (Å²) in [5, 5.41) is 0. The molecule has 1 amide bonds. The first-order valence-electron chi connectivity index (χ1n) is 8.25. The van der Waals surface area contributed by atoms with Gasteiger partial charge in [0.2, 0.25) is 10.0 Å². The van der Waals surface area contributed by atoms with Crippen LogP contribution in [0.15, 0.2) is 29.3 Å². The Bertz CT molecular complexity index is 1040. The Labute approximate surface area is 158 Å². The smallest absolute Gasteiger partial charge is 0.270 e. The highest BCUT2D eigenvalue weighted by molar-refractivity contribution is 7.89. The number of amides is 1. The number of H-pyrrole nitrogens is 1. The van der Waals surface area contributed by atoms with Gasteiger partial charge >= 0.3 is 0 Å². The van der Waals surface area contributed by atoms with E-state index in [1.165, 1.54) is 24.1 Å². The number of benzene rings is 1. The number of rotatable bonds is 4. The highest BCUT2D eigenvalue weighted by Crippen LogP contribution is 2.24. The summed E-state index contributed by atoms with van der Waals surface area (Å²) in [4.78, 5) is 26.9. The maximum Gasteiger partial charge on any atom is 0.270 e. The molecule has 1 aromatic carbocycles. The summed E-state index contributed by atoms with van der Waals surface area (Å²) in [6.45, 7) is 1.09. The molecule has 1 aliphatic rings. The Kier molecular flexibility index (Phi) is 5.31. The van der Waals surface area contributed by atoms with Crippen LogP contribution in [0.25, 0.3) is 0 Å². The molecular formula is C17H16F3N3O4S. The number of nitrogens with zero attached hydrogens (tertiary/aromatic N) is 2. The van der Waals surface area contributed by atoms with Gasteiger partial charge in [0.05, 0.1) is 0 Å². The molecule has 2 aromatic rings. The van der Waals surface area contributed by atoms with E-state index >= 15 is 0 Å². The Balaban J connectivity index is 1.73. The molecular weight excluding hydrogens is 399 g/mol. The van der Waals surface area contributed by atoms with Crippen molar-refractivity contribution in [2.24, 2.45) is 0 Å². The van der Waals surface area contributed by atoms with Crippen molar-refractivity contribution in [2.45, 2.75) is 11.8 Å². The molecule has 1 fully saturated rings. The maximum atomic E-state index is 13.9. The molecule has 11 heteroatoms. The number of hydrogen-bond donors (Lipinski definition) is 1. The van der Waals surface area contributed by atoms with Crippen molar-refractivity contribution >= 4 is 21.7 Å². The molecule has 1 N–H and O–H groups in total. The van der Waals surface area contributed by atoms with E-state index in [1.54, 1.807) is 0 Å². The molecule has 3 rings (SSSR count). The van der Waals surface area contributed by atoms with Crippen LogP contribution in [0.3, 0.4) is 0 Å². The molecule has 0 bridgehead atoms. The van der Waals surface area contributed by atoms with Gasteiger partial charge in [-0.3, -0.25) is 9.59 Å². The molecule has 1 aliphatic heterocycles. The predicted octanol–water partition coefficient (Wildman–Crippen LogP) is 1.78. The third-order valence-electron chi connectivity index (χ3n) is 4.46. The minimum Gasteiger partial charge on any atom is -0.356 e. The quantitative estimate of drug-likeness (QED) is 0.609. The number of halogens is 3. The van der Waals surface area contributed by atoms with Gasteiger partial charge in [0.25, 0.3) is 5.91 Å². The molecule has 0 atom stereocenters. The number of aromatic amines is 1. The summed E-state index contributed by atoms with van der Waals surface area (Å²) in [5.74, 6) is -5.74. The summed E-state index contributed by atoms with van der Waals surface area (Å²) in [6, 6.07) is 2.62. The molecule has 7 nitrogen and oxygen atoms in total. The summed E-state index contributed by atoms with van der Waals surface area (Å²) < 4.78 is 66.3. The molecule has 2 heterocycles. The van der Waals surface area contributed by atoms with Crippen molar-refractivity contribution < 1.29 is 31.2 Å². The molecule has 0 unspecified atom stereocenters. The van der Waals surface area contributed by atoms with Crippen molar-refractivity contribution in [1.29, 1.82) is 0 Å². The van der Waals surface area contributed by atoms with E-state index in [1.807, 2.05) is 0 Å². The van der Waals surface area contributed by atoms with Crippen LogP contribution in [0.5, 0.6) is 0 Å². The predicted molar refractivity (Wildman–Crippen MR) is 91.8 cm³/mol. The van der Waals surface area contributed by atoms with Gasteiger partial charge in [-0.05, 0) is 25.1 Å². The zero-order chi connectivity index (χ0) is 20.6. The number of aromatic nitrogens is 1. The lowest BCUT2D eigenvalue weighted by Gasteiger charge is -2.33. The summed E-state index contributed by atoms with van der Waals surface area (Å²) >= 11 is 0. The third-order valence-corrected chi connectivity index (χ3v) is 6.38. The molecule has 0 saturated carbocycles. The molecule has 150 valence electrons.